The minimum Gasteiger partial charge on any atom is -0.357 e. The van der Waals surface area contributed by atoms with E-state index in [2.05, 4.69) is 15.6 Å². The van der Waals surface area contributed by atoms with Gasteiger partial charge in [0.05, 0.1) is 6.54 Å². The Bertz CT molecular complexity index is 362. The van der Waals surface area contributed by atoms with E-state index in [0.29, 0.717) is 5.69 Å². The zero-order valence-corrected chi connectivity index (χ0v) is 10.1. The van der Waals surface area contributed by atoms with Crippen molar-refractivity contribution < 1.29 is 9.59 Å². The van der Waals surface area contributed by atoms with E-state index in [1.54, 1.807) is 18.3 Å². The van der Waals surface area contributed by atoms with E-state index in [1.165, 1.54) is 0 Å². The largest absolute Gasteiger partial charge is 0.357 e. The maximum absolute atomic E-state index is 11.5. The van der Waals surface area contributed by atoms with Crippen molar-refractivity contribution in [2.24, 2.45) is 0 Å². The standard InChI is InChI=1S/C11H18N4O2/c1-12-6-7-15(2)8-10(16)14-11(17)9-4-3-5-13-9/h3-5,12-13H,6-8H2,1-2H3,(H,14,16,17). The Morgan fingerprint density at radius 1 is 1.47 bits per heavy atom. The molecule has 0 aliphatic rings. The van der Waals surface area contributed by atoms with Crippen LogP contribution in [0, 0.1) is 0 Å². The quantitative estimate of drug-likeness (QED) is 0.620. The third-order valence-corrected chi connectivity index (χ3v) is 2.25. The summed E-state index contributed by atoms with van der Waals surface area (Å²) in [7, 11) is 3.68. The molecule has 0 fully saturated rings. The Labute approximate surface area is 100 Å². The molecule has 0 aliphatic heterocycles. The van der Waals surface area contributed by atoms with Crippen molar-refractivity contribution in [2.75, 3.05) is 33.7 Å². The molecule has 0 aromatic carbocycles. The second kappa shape index (κ2) is 6.82. The van der Waals surface area contributed by atoms with Gasteiger partial charge in [0, 0.05) is 19.3 Å². The SMILES string of the molecule is CNCCN(C)CC(=O)NC(=O)c1ccc[nH]1. The number of carbonyl (C=O) groups is 2. The van der Waals surface area contributed by atoms with Gasteiger partial charge in [-0.05, 0) is 26.2 Å². The summed E-state index contributed by atoms with van der Waals surface area (Å²) < 4.78 is 0. The lowest BCUT2D eigenvalue weighted by Gasteiger charge is -2.15. The highest BCUT2D eigenvalue weighted by atomic mass is 16.2. The second-order valence-electron chi connectivity index (χ2n) is 3.80. The molecule has 0 saturated heterocycles. The van der Waals surface area contributed by atoms with Gasteiger partial charge in [0.15, 0.2) is 0 Å². The smallest absolute Gasteiger partial charge is 0.274 e. The molecule has 2 amide bonds. The molecule has 6 nitrogen and oxygen atoms in total. The van der Waals surface area contributed by atoms with Crippen molar-refractivity contribution in [3.8, 4) is 0 Å². The minimum absolute atomic E-state index is 0.203. The maximum atomic E-state index is 11.5. The average Bonchev–Trinajstić information content (AvgIpc) is 2.79. The molecule has 0 saturated carbocycles. The summed E-state index contributed by atoms with van der Waals surface area (Å²) in [5.41, 5.74) is 0.385. The number of hydrogen-bond acceptors (Lipinski definition) is 4. The van der Waals surface area contributed by atoms with Gasteiger partial charge in [-0.2, -0.15) is 0 Å². The molecular weight excluding hydrogens is 220 g/mol. The molecule has 94 valence electrons. The number of carbonyl (C=O) groups excluding carboxylic acids is 2. The number of H-pyrrole nitrogens is 1. The van der Waals surface area contributed by atoms with Gasteiger partial charge in [0.25, 0.3) is 5.91 Å². The Balaban J connectivity index is 2.32. The third-order valence-electron chi connectivity index (χ3n) is 2.25. The zero-order valence-electron chi connectivity index (χ0n) is 10.1. The van der Waals surface area contributed by atoms with E-state index in [4.69, 9.17) is 0 Å². The van der Waals surface area contributed by atoms with Gasteiger partial charge in [-0.15, -0.1) is 0 Å². The second-order valence-corrected chi connectivity index (χ2v) is 3.80. The third kappa shape index (κ3) is 4.80. The van der Waals surface area contributed by atoms with Gasteiger partial charge < -0.3 is 10.3 Å². The monoisotopic (exact) mass is 238 g/mol. The number of aromatic amines is 1. The van der Waals surface area contributed by atoms with Crippen LogP contribution in [0.3, 0.4) is 0 Å². The number of nitrogens with one attached hydrogen (secondary N) is 3. The summed E-state index contributed by atoms with van der Waals surface area (Å²) in [6, 6.07) is 3.33. The van der Waals surface area contributed by atoms with Crippen LogP contribution >= 0.6 is 0 Å². The fraction of sp³-hybridized carbons (Fsp3) is 0.455. The molecular formula is C11H18N4O2. The summed E-state index contributed by atoms with van der Waals surface area (Å²) in [4.78, 5) is 27.6. The van der Waals surface area contributed by atoms with Crippen LogP contribution in [0.4, 0.5) is 0 Å². The van der Waals surface area contributed by atoms with Crippen LogP contribution in [0.15, 0.2) is 18.3 Å². The number of likely N-dealkylation sites (N-methyl/N-ethyl adjacent to an activating group) is 2. The first-order chi connectivity index (χ1) is 8.13. The number of rotatable bonds is 6. The molecule has 1 aromatic heterocycles. The molecule has 3 N–H and O–H groups in total. The normalized spacial score (nSPS) is 10.5. The van der Waals surface area contributed by atoms with E-state index in [0.717, 1.165) is 13.1 Å². The van der Waals surface area contributed by atoms with Crippen molar-refractivity contribution in [1.82, 2.24) is 20.5 Å². The highest BCUT2D eigenvalue weighted by molar-refractivity contribution is 6.04. The topological polar surface area (TPSA) is 77.2 Å². The van der Waals surface area contributed by atoms with Gasteiger partial charge in [0.1, 0.15) is 5.69 Å². The molecule has 0 bridgehead atoms. The summed E-state index contributed by atoms with van der Waals surface area (Å²) in [5, 5.41) is 5.31. The van der Waals surface area contributed by atoms with E-state index in [-0.39, 0.29) is 12.5 Å². The van der Waals surface area contributed by atoms with Crippen molar-refractivity contribution >= 4 is 11.8 Å². The summed E-state index contributed by atoms with van der Waals surface area (Å²) in [5.74, 6) is -0.704. The molecule has 1 heterocycles. The first kappa shape index (κ1) is 13.4. The lowest BCUT2D eigenvalue weighted by atomic mass is 10.4. The average molecular weight is 238 g/mol. The van der Waals surface area contributed by atoms with Crippen molar-refractivity contribution in [3.05, 3.63) is 24.0 Å². The molecule has 0 aliphatic carbocycles. The van der Waals surface area contributed by atoms with E-state index in [9.17, 15) is 9.59 Å². The van der Waals surface area contributed by atoms with E-state index >= 15 is 0 Å². The van der Waals surface area contributed by atoms with Crippen LogP contribution in [-0.4, -0.2) is 55.4 Å². The van der Waals surface area contributed by atoms with Crippen LogP contribution in [0.5, 0.6) is 0 Å². The molecule has 6 heteroatoms. The molecule has 1 rings (SSSR count). The summed E-state index contributed by atoms with van der Waals surface area (Å²) in [6.45, 7) is 1.75. The first-order valence-electron chi connectivity index (χ1n) is 5.44. The molecule has 17 heavy (non-hydrogen) atoms. The summed E-state index contributed by atoms with van der Waals surface area (Å²) in [6.07, 6.45) is 1.64. The van der Waals surface area contributed by atoms with Gasteiger partial charge >= 0.3 is 0 Å². The molecule has 0 radical (unpaired) electrons. The highest BCUT2D eigenvalue weighted by Gasteiger charge is 2.12. The van der Waals surface area contributed by atoms with Crippen LogP contribution in [0.2, 0.25) is 0 Å². The van der Waals surface area contributed by atoms with Gasteiger partial charge in [0.2, 0.25) is 5.91 Å². The predicted molar refractivity (Wildman–Crippen MR) is 64.7 cm³/mol. The maximum Gasteiger partial charge on any atom is 0.274 e. The Hall–Kier alpha value is -1.66. The highest BCUT2D eigenvalue weighted by Crippen LogP contribution is 1.93. The Morgan fingerprint density at radius 3 is 2.82 bits per heavy atom. The van der Waals surface area contributed by atoms with Crippen LogP contribution in [0.25, 0.3) is 0 Å². The van der Waals surface area contributed by atoms with Gasteiger partial charge in [-0.3, -0.25) is 19.8 Å². The molecule has 0 unspecified atom stereocenters. The fourth-order valence-electron chi connectivity index (χ4n) is 1.33. The van der Waals surface area contributed by atoms with Crippen molar-refractivity contribution in [2.45, 2.75) is 0 Å². The zero-order chi connectivity index (χ0) is 12.7. The molecule has 0 atom stereocenters. The number of nitrogens with zero attached hydrogens (tertiary/aromatic N) is 1. The van der Waals surface area contributed by atoms with E-state index < -0.39 is 5.91 Å². The first-order valence-corrected chi connectivity index (χ1v) is 5.44. The number of imide groups is 1. The van der Waals surface area contributed by atoms with Crippen LogP contribution in [0.1, 0.15) is 10.5 Å². The van der Waals surface area contributed by atoms with Crippen molar-refractivity contribution in [3.63, 3.8) is 0 Å². The van der Waals surface area contributed by atoms with Crippen LogP contribution in [-0.2, 0) is 4.79 Å². The number of aromatic nitrogens is 1. The lowest BCUT2D eigenvalue weighted by Crippen LogP contribution is -2.40. The number of hydrogen-bond donors (Lipinski definition) is 3. The lowest BCUT2D eigenvalue weighted by molar-refractivity contribution is -0.120. The van der Waals surface area contributed by atoms with Crippen LogP contribution < -0.4 is 10.6 Å². The number of amides is 2. The minimum atomic E-state index is -0.401. The summed E-state index contributed by atoms with van der Waals surface area (Å²) >= 11 is 0. The van der Waals surface area contributed by atoms with E-state index in [1.807, 2.05) is 19.0 Å². The Morgan fingerprint density at radius 2 is 2.24 bits per heavy atom. The molecule has 0 spiro atoms. The van der Waals surface area contributed by atoms with Gasteiger partial charge in [-0.25, -0.2) is 0 Å². The predicted octanol–water partition coefficient (Wildman–Crippen LogP) is -0.578. The van der Waals surface area contributed by atoms with Gasteiger partial charge in [-0.1, -0.05) is 0 Å². The molecule has 1 aromatic rings. The Kier molecular flexibility index (Phi) is 5.38. The fourth-order valence-corrected chi connectivity index (χ4v) is 1.33. The van der Waals surface area contributed by atoms with Crippen molar-refractivity contribution in [1.29, 1.82) is 0 Å².